The molecule has 7 heteroatoms. The number of imidazole rings is 1. The van der Waals surface area contributed by atoms with Gasteiger partial charge in [0.15, 0.2) is 0 Å². The number of carbonyl (C=O) groups excluding carboxylic acids is 1. The molecular weight excluding hydrogens is 290 g/mol. The Morgan fingerprint density at radius 2 is 1.95 bits per heavy atom. The second-order valence-corrected chi connectivity index (χ2v) is 6.75. The van der Waals surface area contributed by atoms with Crippen molar-refractivity contribution in [1.82, 2.24) is 9.97 Å². The second kappa shape index (κ2) is 6.09. The van der Waals surface area contributed by atoms with Crippen molar-refractivity contribution >= 4 is 21.4 Å². The van der Waals surface area contributed by atoms with Gasteiger partial charge in [0.05, 0.1) is 0 Å². The van der Waals surface area contributed by atoms with Gasteiger partial charge in [-0.3, -0.25) is 4.79 Å². The molecule has 0 aliphatic carbocycles. The lowest BCUT2D eigenvalue weighted by molar-refractivity contribution is -0.116. The number of benzene rings is 1. The highest BCUT2D eigenvalue weighted by Crippen LogP contribution is 2.18. The molecule has 0 aliphatic heterocycles. The topological polar surface area (TPSA) is 83.1 Å². The molecule has 1 aromatic heterocycles. The van der Waals surface area contributed by atoms with Crippen molar-refractivity contribution in [3.8, 4) is 0 Å². The van der Waals surface area contributed by atoms with Crippen LogP contribution in [0.25, 0.3) is 0 Å². The molecular formula is C14H17N3O3S. The Kier molecular flexibility index (Phi) is 4.42. The van der Waals surface area contributed by atoms with Crippen molar-refractivity contribution in [2.45, 2.75) is 25.0 Å². The fourth-order valence-electron chi connectivity index (χ4n) is 2.04. The number of sulfone groups is 1. The van der Waals surface area contributed by atoms with Crippen LogP contribution < -0.4 is 4.90 Å². The van der Waals surface area contributed by atoms with Gasteiger partial charge in [0.1, 0.15) is 5.75 Å². The molecule has 0 atom stereocenters. The van der Waals surface area contributed by atoms with Gasteiger partial charge < -0.3 is 9.88 Å². The number of nitrogens with zero attached hydrogens (tertiary/aromatic N) is 2. The molecule has 0 radical (unpaired) electrons. The molecule has 2 rings (SSSR count). The highest BCUT2D eigenvalue weighted by atomic mass is 32.2. The van der Waals surface area contributed by atoms with Crippen LogP contribution in [0.15, 0.2) is 47.9 Å². The normalized spacial score (nSPS) is 11.6. The first-order valence-corrected chi connectivity index (χ1v) is 8.16. The predicted molar refractivity (Wildman–Crippen MR) is 79.7 cm³/mol. The Hall–Kier alpha value is -2.15. The molecule has 0 spiro atoms. The van der Waals surface area contributed by atoms with Gasteiger partial charge in [-0.15, -0.1) is 0 Å². The zero-order chi connectivity index (χ0) is 15.5. The maximum absolute atomic E-state index is 12.4. The number of hydrogen-bond donors (Lipinski definition) is 1. The molecule has 0 bridgehead atoms. The van der Waals surface area contributed by atoms with E-state index in [-0.39, 0.29) is 11.2 Å². The van der Waals surface area contributed by atoms with Crippen LogP contribution in [-0.2, 0) is 14.6 Å². The van der Waals surface area contributed by atoms with Crippen LogP contribution in [0.4, 0.5) is 5.69 Å². The zero-order valence-electron chi connectivity index (χ0n) is 11.9. The molecule has 1 heterocycles. The van der Waals surface area contributed by atoms with Crippen LogP contribution in [0.1, 0.15) is 13.8 Å². The van der Waals surface area contributed by atoms with E-state index in [4.69, 9.17) is 0 Å². The molecule has 0 saturated heterocycles. The van der Waals surface area contributed by atoms with E-state index >= 15 is 0 Å². The summed E-state index contributed by atoms with van der Waals surface area (Å²) in [6, 6.07) is 8.85. The lowest BCUT2D eigenvalue weighted by Gasteiger charge is -2.26. The Morgan fingerprint density at radius 3 is 2.48 bits per heavy atom. The molecule has 0 fully saturated rings. The van der Waals surface area contributed by atoms with E-state index in [2.05, 4.69) is 9.97 Å². The monoisotopic (exact) mass is 307 g/mol. The van der Waals surface area contributed by atoms with E-state index in [1.807, 2.05) is 19.9 Å². The number of para-hydroxylation sites is 1. The van der Waals surface area contributed by atoms with Gasteiger partial charge in [-0.1, -0.05) is 18.2 Å². The molecule has 1 N–H and O–H groups in total. The number of hydrogen-bond acceptors (Lipinski definition) is 4. The summed E-state index contributed by atoms with van der Waals surface area (Å²) in [6.07, 6.45) is 2.75. The Morgan fingerprint density at radius 1 is 1.29 bits per heavy atom. The number of rotatable bonds is 5. The molecule has 21 heavy (non-hydrogen) atoms. The van der Waals surface area contributed by atoms with Crippen LogP contribution in [0.5, 0.6) is 0 Å². The largest absolute Gasteiger partial charge is 0.336 e. The standard InChI is InChI=1S/C14H17N3O3S/c1-11(2)17(12-6-4-3-5-7-12)13(18)10-21(19,20)14-15-8-9-16-14/h3-9,11H,10H2,1-2H3,(H,15,16). The summed E-state index contributed by atoms with van der Waals surface area (Å²) in [7, 11) is -3.76. The molecule has 1 amide bonds. The van der Waals surface area contributed by atoms with Crippen LogP contribution >= 0.6 is 0 Å². The van der Waals surface area contributed by atoms with Crippen LogP contribution in [0, 0.1) is 0 Å². The third-order valence-corrected chi connectivity index (χ3v) is 4.34. The molecule has 1 aromatic carbocycles. The molecule has 112 valence electrons. The van der Waals surface area contributed by atoms with Crippen LogP contribution in [0.3, 0.4) is 0 Å². The minimum Gasteiger partial charge on any atom is -0.336 e. The third kappa shape index (κ3) is 3.49. The number of aromatic nitrogens is 2. The summed E-state index contributed by atoms with van der Waals surface area (Å²) in [4.78, 5) is 20.1. The van der Waals surface area contributed by atoms with Gasteiger partial charge in [-0.2, -0.15) is 0 Å². The molecule has 0 saturated carbocycles. The van der Waals surface area contributed by atoms with Crippen molar-refractivity contribution in [2.24, 2.45) is 0 Å². The lowest BCUT2D eigenvalue weighted by Crippen LogP contribution is -2.40. The Labute approximate surface area is 123 Å². The summed E-state index contributed by atoms with van der Waals surface area (Å²) in [6.45, 7) is 3.68. The van der Waals surface area contributed by atoms with Gasteiger partial charge in [0.25, 0.3) is 0 Å². The van der Waals surface area contributed by atoms with E-state index in [1.54, 1.807) is 24.3 Å². The van der Waals surface area contributed by atoms with E-state index in [0.717, 1.165) is 0 Å². The summed E-state index contributed by atoms with van der Waals surface area (Å²) < 4.78 is 24.2. The van der Waals surface area contributed by atoms with Crippen molar-refractivity contribution in [3.63, 3.8) is 0 Å². The highest BCUT2D eigenvalue weighted by Gasteiger charge is 2.27. The zero-order valence-corrected chi connectivity index (χ0v) is 12.7. The molecule has 6 nitrogen and oxygen atoms in total. The van der Waals surface area contributed by atoms with E-state index < -0.39 is 21.5 Å². The first-order valence-electron chi connectivity index (χ1n) is 6.51. The van der Waals surface area contributed by atoms with E-state index in [0.29, 0.717) is 5.69 Å². The van der Waals surface area contributed by atoms with Gasteiger partial charge in [-0.05, 0) is 26.0 Å². The number of carbonyl (C=O) groups is 1. The summed E-state index contributed by atoms with van der Waals surface area (Å²) in [5.74, 6) is -1.10. The maximum Gasteiger partial charge on any atom is 0.242 e. The number of H-pyrrole nitrogens is 1. The average Bonchev–Trinajstić information content (AvgIpc) is 2.93. The van der Waals surface area contributed by atoms with Gasteiger partial charge in [0, 0.05) is 24.1 Å². The fourth-order valence-corrected chi connectivity index (χ4v) is 3.11. The Bertz CT molecular complexity index is 694. The van der Waals surface area contributed by atoms with Gasteiger partial charge >= 0.3 is 0 Å². The molecule has 2 aromatic rings. The number of anilines is 1. The lowest BCUT2D eigenvalue weighted by atomic mass is 10.2. The number of nitrogens with one attached hydrogen (secondary N) is 1. The Balaban J connectivity index is 2.25. The second-order valence-electron chi connectivity index (χ2n) is 4.85. The first kappa shape index (κ1) is 15.2. The highest BCUT2D eigenvalue weighted by molar-refractivity contribution is 7.92. The fraction of sp³-hybridized carbons (Fsp3) is 0.286. The summed E-state index contributed by atoms with van der Waals surface area (Å²) >= 11 is 0. The number of amides is 1. The summed E-state index contributed by atoms with van der Waals surface area (Å²) in [5, 5.41) is -0.187. The van der Waals surface area contributed by atoms with E-state index in [1.165, 1.54) is 17.3 Å². The van der Waals surface area contributed by atoms with Crippen molar-refractivity contribution in [1.29, 1.82) is 0 Å². The van der Waals surface area contributed by atoms with Crippen molar-refractivity contribution in [3.05, 3.63) is 42.7 Å². The molecule has 0 unspecified atom stereocenters. The van der Waals surface area contributed by atoms with Gasteiger partial charge in [0.2, 0.25) is 20.9 Å². The maximum atomic E-state index is 12.4. The van der Waals surface area contributed by atoms with Gasteiger partial charge in [-0.25, -0.2) is 13.4 Å². The minimum absolute atomic E-state index is 0.147. The van der Waals surface area contributed by atoms with Crippen molar-refractivity contribution < 1.29 is 13.2 Å². The SMILES string of the molecule is CC(C)N(C(=O)CS(=O)(=O)c1ncc[nH]1)c1ccccc1. The minimum atomic E-state index is -3.76. The first-order chi connectivity index (χ1) is 9.92. The van der Waals surface area contributed by atoms with Crippen molar-refractivity contribution in [2.75, 3.05) is 10.7 Å². The van der Waals surface area contributed by atoms with Crippen LogP contribution in [0.2, 0.25) is 0 Å². The quantitative estimate of drug-likeness (QED) is 0.910. The smallest absolute Gasteiger partial charge is 0.242 e. The van der Waals surface area contributed by atoms with Crippen LogP contribution in [-0.4, -0.2) is 36.1 Å². The third-order valence-electron chi connectivity index (χ3n) is 2.90. The molecule has 0 aliphatic rings. The number of aromatic amines is 1. The average molecular weight is 307 g/mol. The summed E-state index contributed by atoms with van der Waals surface area (Å²) in [5.41, 5.74) is 0.673. The predicted octanol–water partition coefficient (Wildman–Crippen LogP) is 1.62. The van der Waals surface area contributed by atoms with E-state index in [9.17, 15) is 13.2 Å².